The van der Waals surface area contributed by atoms with E-state index < -0.39 is 17.6 Å². The summed E-state index contributed by atoms with van der Waals surface area (Å²) >= 11 is 5.83. The molecule has 1 aromatic carbocycles. The minimum atomic E-state index is -4.52. The van der Waals surface area contributed by atoms with Crippen molar-refractivity contribution in [3.05, 3.63) is 52.4 Å². The molecule has 1 amide bonds. The first-order valence-corrected chi connectivity index (χ1v) is 8.90. The number of furan rings is 1. The SMILES string of the molecule is COc1ccc2oc(C(=O)NCCNc3ncc(C(F)(F)F)cc3Cl)c(C)c2c1. The van der Waals surface area contributed by atoms with Gasteiger partial charge >= 0.3 is 6.18 Å². The number of benzene rings is 1. The first-order valence-electron chi connectivity index (χ1n) is 8.52. The van der Waals surface area contributed by atoms with E-state index in [4.69, 9.17) is 20.8 Å². The molecule has 0 saturated heterocycles. The molecule has 0 aliphatic rings. The molecule has 2 N–H and O–H groups in total. The molecule has 0 aliphatic heterocycles. The molecular weight excluding hydrogens is 411 g/mol. The molecule has 2 aromatic heterocycles. The van der Waals surface area contributed by atoms with Crippen molar-refractivity contribution in [1.82, 2.24) is 10.3 Å². The lowest BCUT2D eigenvalue weighted by Gasteiger charge is -2.11. The van der Waals surface area contributed by atoms with E-state index in [1.807, 2.05) is 0 Å². The Balaban J connectivity index is 1.59. The highest BCUT2D eigenvalue weighted by atomic mass is 35.5. The van der Waals surface area contributed by atoms with Gasteiger partial charge in [0.05, 0.1) is 17.7 Å². The van der Waals surface area contributed by atoms with E-state index in [0.717, 1.165) is 11.5 Å². The fourth-order valence-electron chi connectivity index (χ4n) is 2.70. The van der Waals surface area contributed by atoms with E-state index in [1.165, 1.54) is 0 Å². The highest BCUT2D eigenvalue weighted by Crippen LogP contribution is 2.32. The molecule has 0 radical (unpaired) electrons. The van der Waals surface area contributed by atoms with Crippen LogP contribution in [0.5, 0.6) is 5.75 Å². The van der Waals surface area contributed by atoms with E-state index >= 15 is 0 Å². The van der Waals surface area contributed by atoms with Crippen molar-refractivity contribution < 1.29 is 27.1 Å². The van der Waals surface area contributed by atoms with Crippen molar-refractivity contribution in [2.45, 2.75) is 13.1 Å². The van der Waals surface area contributed by atoms with Gasteiger partial charge in [0.1, 0.15) is 17.2 Å². The number of aryl methyl sites for hydroxylation is 1. The van der Waals surface area contributed by atoms with Crippen molar-refractivity contribution in [2.75, 3.05) is 25.5 Å². The molecule has 0 spiro atoms. The van der Waals surface area contributed by atoms with Gasteiger partial charge in [-0.1, -0.05) is 11.6 Å². The highest BCUT2D eigenvalue weighted by Gasteiger charge is 2.31. The summed E-state index contributed by atoms with van der Waals surface area (Å²) in [6.45, 7) is 2.15. The molecule has 154 valence electrons. The van der Waals surface area contributed by atoms with Gasteiger partial charge in [-0.15, -0.1) is 0 Å². The van der Waals surface area contributed by atoms with Crippen LogP contribution in [0.15, 0.2) is 34.9 Å². The standard InChI is InChI=1S/C19H17ClF3N3O3/c1-10-13-8-12(28-2)3-4-15(13)29-16(10)18(27)25-6-5-24-17-14(20)7-11(9-26-17)19(21,22)23/h3-4,7-9H,5-6H2,1-2H3,(H,24,26)(H,25,27). The predicted octanol–water partition coefficient (Wildman–Crippen LogP) is 4.66. The zero-order chi connectivity index (χ0) is 21.2. The number of alkyl halides is 3. The number of pyridine rings is 1. The summed E-state index contributed by atoms with van der Waals surface area (Å²) in [7, 11) is 1.55. The number of methoxy groups -OCH3 is 1. The van der Waals surface area contributed by atoms with Crippen molar-refractivity contribution in [3.63, 3.8) is 0 Å². The summed E-state index contributed by atoms with van der Waals surface area (Å²) in [5.74, 6) is 0.518. The third-order valence-electron chi connectivity index (χ3n) is 4.22. The number of carbonyl (C=O) groups excluding carboxylic acids is 1. The number of nitrogens with one attached hydrogen (secondary N) is 2. The van der Waals surface area contributed by atoms with E-state index in [9.17, 15) is 18.0 Å². The summed E-state index contributed by atoms with van der Waals surface area (Å²) in [4.78, 5) is 16.1. The van der Waals surface area contributed by atoms with E-state index in [0.29, 0.717) is 23.1 Å². The van der Waals surface area contributed by atoms with Crippen molar-refractivity contribution in [3.8, 4) is 5.75 Å². The van der Waals surface area contributed by atoms with Crippen LogP contribution in [0.2, 0.25) is 5.02 Å². The Labute approximate surface area is 169 Å². The Morgan fingerprint density at radius 1 is 1.28 bits per heavy atom. The zero-order valence-electron chi connectivity index (χ0n) is 15.5. The number of nitrogens with zero attached hydrogens (tertiary/aromatic N) is 1. The normalized spacial score (nSPS) is 11.5. The van der Waals surface area contributed by atoms with Gasteiger partial charge in [0.25, 0.3) is 5.91 Å². The highest BCUT2D eigenvalue weighted by molar-refractivity contribution is 6.32. The van der Waals surface area contributed by atoms with Crippen LogP contribution in [0.25, 0.3) is 11.0 Å². The van der Waals surface area contributed by atoms with Crippen LogP contribution in [0.4, 0.5) is 19.0 Å². The third kappa shape index (κ3) is 4.56. The largest absolute Gasteiger partial charge is 0.497 e. The molecule has 0 atom stereocenters. The van der Waals surface area contributed by atoms with E-state index in [-0.39, 0.29) is 29.7 Å². The van der Waals surface area contributed by atoms with Crippen LogP contribution < -0.4 is 15.4 Å². The fraction of sp³-hybridized carbons (Fsp3) is 0.263. The van der Waals surface area contributed by atoms with Gasteiger partial charge in [0.2, 0.25) is 0 Å². The molecule has 10 heteroatoms. The Kier molecular flexibility index (Phi) is 5.88. The van der Waals surface area contributed by atoms with E-state index in [1.54, 1.807) is 32.2 Å². The summed E-state index contributed by atoms with van der Waals surface area (Å²) in [5, 5.41) is 6.07. The number of anilines is 1. The topological polar surface area (TPSA) is 76.4 Å². The van der Waals surface area contributed by atoms with Gasteiger partial charge < -0.3 is 19.8 Å². The summed E-state index contributed by atoms with van der Waals surface area (Å²) in [6, 6.07) is 6.03. The maximum Gasteiger partial charge on any atom is 0.417 e. The Bertz CT molecular complexity index is 1050. The van der Waals surface area contributed by atoms with Crippen LogP contribution in [0.3, 0.4) is 0 Å². The number of ether oxygens (including phenoxy) is 1. The Hall–Kier alpha value is -2.94. The van der Waals surface area contributed by atoms with Gasteiger partial charge in [-0.2, -0.15) is 13.2 Å². The lowest BCUT2D eigenvalue weighted by molar-refractivity contribution is -0.137. The molecular formula is C19H17ClF3N3O3. The molecule has 0 aliphatic carbocycles. The molecule has 29 heavy (non-hydrogen) atoms. The molecule has 6 nitrogen and oxygen atoms in total. The zero-order valence-corrected chi connectivity index (χ0v) is 16.2. The third-order valence-corrected chi connectivity index (χ3v) is 4.51. The average molecular weight is 428 g/mol. The fourth-order valence-corrected chi connectivity index (χ4v) is 2.94. The van der Waals surface area contributed by atoms with Crippen molar-refractivity contribution in [2.24, 2.45) is 0 Å². The summed E-state index contributed by atoms with van der Waals surface area (Å²) < 4.78 is 48.7. The number of carbonyl (C=O) groups is 1. The molecule has 0 saturated carbocycles. The van der Waals surface area contributed by atoms with Crippen LogP contribution in [-0.2, 0) is 6.18 Å². The maximum atomic E-state index is 12.6. The van der Waals surface area contributed by atoms with Crippen LogP contribution >= 0.6 is 11.6 Å². The summed E-state index contributed by atoms with van der Waals surface area (Å²) in [6.07, 6.45) is -3.82. The number of hydrogen-bond acceptors (Lipinski definition) is 5. The van der Waals surface area contributed by atoms with Crippen LogP contribution in [-0.4, -0.2) is 31.1 Å². The number of hydrogen-bond donors (Lipinski definition) is 2. The molecule has 0 bridgehead atoms. The lowest BCUT2D eigenvalue weighted by atomic mass is 10.1. The molecule has 0 unspecified atom stereocenters. The predicted molar refractivity (Wildman–Crippen MR) is 103 cm³/mol. The van der Waals surface area contributed by atoms with Crippen LogP contribution in [0, 0.1) is 6.92 Å². The number of aromatic nitrogens is 1. The monoisotopic (exact) mass is 427 g/mol. The molecule has 0 fully saturated rings. The lowest BCUT2D eigenvalue weighted by Crippen LogP contribution is -2.29. The maximum absolute atomic E-state index is 12.6. The first kappa shape index (κ1) is 20.8. The van der Waals surface area contributed by atoms with Gasteiger partial charge in [0, 0.05) is 30.2 Å². The second-order valence-corrected chi connectivity index (χ2v) is 6.56. The first-order chi connectivity index (χ1) is 13.7. The van der Waals surface area contributed by atoms with Gasteiger partial charge in [-0.3, -0.25) is 4.79 Å². The minimum Gasteiger partial charge on any atom is -0.497 e. The second kappa shape index (κ2) is 8.20. The molecule has 3 aromatic rings. The number of amides is 1. The number of halogens is 4. The van der Waals surface area contributed by atoms with Gasteiger partial charge in [0.15, 0.2) is 5.76 Å². The molecule has 3 rings (SSSR count). The van der Waals surface area contributed by atoms with Crippen molar-refractivity contribution in [1.29, 1.82) is 0 Å². The van der Waals surface area contributed by atoms with Gasteiger partial charge in [-0.25, -0.2) is 4.98 Å². The van der Waals surface area contributed by atoms with E-state index in [2.05, 4.69) is 15.6 Å². The van der Waals surface area contributed by atoms with Gasteiger partial charge in [-0.05, 0) is 31.2 Å². The van der Waals surface area contributed by atoms with Crippen LogP contribution in [0.1, 0.15) is 21.7 Å². The molecule has 2 heterocycles. The van der Waals surface area contributed by atoms with Crippen molar-refractivity contribution >= 4 is 34.3 Å². The summed E-state index contributed by atoms with van der Waals surface area (Å²) in [5.41, 5.74) is 0.308. The second-order valence-electron chi connectivity index (χ2n) is 6.15. The smallest absolute Gasteiger partial charge is 0.417 e. The quantitative estimate of drug-likeness (QED) is 0.559. The average Bonchev–Trinajstić information content (AvgIpc) is 3.01. The number of fused-ring (bicyclic) bond motifs is 1. The Morgan fingerprint density at radius 2 is 2.03 bits per heavy atom. The Morgan fingerprint density at radius 3 is 2.69 bits per heavy atom. The number of rotatable bonds is 6. The minimum absolute atomic E-state index is 0.0981.